The molecule has 1 aromatic carbocycles. The molecule has 4 N–H and O–H groups in total. The Labute approximate surface area is 164 Å². The maximum Gasteiger partial charge on any atom is 0.329 e. The maximum atomic E-state index is 12.3. The van der Waals surface area contributed by atoms with Gasteiger partial charge in [0, 0.05) is 7.05 Å². The topological polar surface area (TPSA) is 151 Å². The Morgan fingerprint density at radius 3 is 2.83 bits per heavy atom. The molecule has 1 atom stereocenters. The van der Waals surface area contributed by atoms with Gasteiger partial charge in [-0.1, -0.05) is 12.1 Å². The van der Waals surface area contributed by atoms with Crippen LogP contribution in [0.25, 0.3) is 11.2 Å². The van der Waals surface area contributed by atoms with Gasteiger partial charge in [0.25, 0.3) is 5.56 Å². The fraction of sp³-hybridized carbons (Fsp3) is 0.333. The summed E-state index contributed by atoms with van der Waals surface area (Å²) in [6.07, 6.45) is -1.03. The Kier molecular flexibility index (Phi) is 5.69. The summed E-state index contributed by atoms with van der Waals surface area (Å²) in [5.41, 5.74) is -0.232. The number of benzene rings is 1. The van der Waals surface area contributed by atoms with Crippen LogP contribution in [0.15, 0.2) is 33.9 Å². The van der Waals surface area contributed by atoms with Gasteiger partial charge in [-0.2, -0.15) is 4.98 Å². The predicted molar refractivity (Wildman–Crippen MR) is 104 cm³/mol. The Bertz CT molecular complexity index is 1160. The zero-order valence-corrected chi connectivity index (χ0v) is 15.9. The van der Waals surface area contributed by atoms with Gasteiger partial charge in [-0.3, -0.25) is 19.1 Å². The summed E-state index contributed by atoms with van der Waals surface area (Å²) < 4.78 is 8.05. The van der Waals surface area contributed by atoms with Crippen molar-refractivity contribution in [3.05, 3.63) is 50.7 Å². The first-order valence-electron chi connectivity index (χ1n) is 8.79. The number of aliphatic hydroxyl groups is 1. The maximum absolute atomic E-state index is 12.3. The first-order valence-corrected chi connectivity index (χ1v) is 8.79. The van der Waals surface area contributed by atoms with E-state index in [9.17, 15) is 19.5 Å². The van der Waals surface area contributed by atoms with Crippen LogP contribution in [0.5, 0.6) is 5.75 Å². The zero-order chi connectivity index (χ0) is 21.1. The summed E-state index contributed by atoms with van der Waals surface area (Å²) in [5.74, 6) is -0.498. The normalized spacial score (nSPS) is 12.1. The first-order chi connectivity index (χ1) is 13.8. The minimum absolute atomic E-state index is 0.0367. The number of ether oxygens (including phenoxy) is 1. The Morgan fingerprint density at radius 1 is 1.38 bits per heavy atom. The minimum atomic E-state index is -1.13. The molecule has 2 heterocycles. The number of carboxylic acids is 1. The molecule has 3 rings (SSSR count). The highest BCUT2D eigenvalue weighted by molar-refractivity contribution is 5.76. The lowest BCUT2D eigenvalue weighted by Gasteiger charge is -2.15. The van der Waals surface area contributed by atoms with Gasteiger partial charge in [0.2, 0.25) is 5.95 Å². The average molecular weight is 403 g/mol. The molecule has 0 aliphatic carbocycles. The standard InChI is InChI=1S/C18H21N5O6/c1-10-4-3-5-12(6-10)29-9-11(24)8-23-14-15(20-17(23)19-7-13(25)26)22(2)18(28)21-16(14)27/h3-6,11,24H,7-9H2,1-2H3,(H,19,20)(H,25,26)(H,21,27,28)/t11-/m1/s1. The van der Waals surface area contributed by atoms with E-state index in [1.54, 1.807) is 6.07 Å². The highest BCUT2D eigenvalue weighted by atomic mass is 16.5. The number of carbonyl (C=O) groups is 1. The number of rotatable bonds is 8. The Morgan fingerprint density at radius 2 is 2.14 bits per heavy atom. The van der Waals surface area contributed by atoms with Gasteiger partial charge in [-0.05, 0) is 24.6 Å². The van der Waals surface area contributed by atoms with Gasteiger partial charge >= 0.3 is 11.7 Å². The molecule has 0 bridgehead atoms. The van der Waals surface area contributed by atoms with Gasteiger partial charge < -0.3 is 24.8 Å². The van der Waals surface area contributed by atoms with E-state index in [2.05, 4.69) is 15.3 Å². The summed E-state index contributed by atoms with van der Waals surface area (Å²) in [5, 5.41) is 21.9. The fourth-order valence-corrected chi connectivity index (χ4v) is 2.86. The third-order valence-corrected chi connectivity index (χ3v) is 4.23. The van der Waals surface area contributed by atoms with E-state index in [-0.39, 0.29) is 30.3 Å². The molecular weight excluding hydrogens is 382 g/mol. The van der Waals surface area contributed by atoms with E-state index in [1.807, 2.05) is 25.1 Å². The number of aryl methyl sites for hydroxylation is 2. The molecule has 0 fully saturated rings. The van der Waals surface area contributed by atoms with Crippen molar-refractivity contribution < 1.29 is 19.7 Å². The molecule has 0 amide bonds. The number of nitrogens with one attached hydrogen (secondary N) is 2. The van der Waals surface area contributed by atoms with Crippen LogP contribution in [0.4, 0.5) is 5.95 Å². The SMILES string of the molecule is Cc1cccc(OC[C@H](O)Cn2c(NCC(=O)O)nc3c2c(=O)[nH]c(=O)n3C)c1. The second kappa shape index (κ2) is 8.19. The quantitative estimate of drug-likeness (QED) is 0.399. The van der Waals surface area contributed by atoms with Crippen LogP contribution < -0.4 is 21.3 Å². The highest BCUT2D eigenvalue weighted by Crippen LogP contribution is 2.17. The molecule has 0 radical (unpaired) electrons. The second-order valence-corrected chi connectivity index (χ2v) is 6.57. The van der Waals surface area contributed by atoms with Crippen LogP contribution in [-0.2, 0) is 18.4 Å². The molecule has 11 heteroatoms. The van der Waals surface area contributed by atoms with Crippen LogP contribution >= 0.6 is 0 Å². The van der Waals surface area contributed by atoms with Crippen LogP contribution in [0.2, 0.25) is 0 Å². The number of carboxylic acid groups (broad SMARTS) is 1. The van der Waals surface area contributed by atoms with E-state index in [4.69, 9.17) is 9.84 Å². The monoisotopic (exact) mass is 403 g/mol. The molecule has 0 aliphatic rings. The van der Waals surface area contributed by atoms with Crippen molar-refractivity contribution >= 4 is 23.1 Å². The predicted octanol–water partition coefficient (Wildman–Crippen LogP) is -0.332. The lowest BCUT2D eigenvalue weighted by atomic mass is 10.2. The Balaban J connectivity index is 1.90. The molecule has 11 nitrogen and oxygen atoms in total. The number of aromatic nitrogens is 4. The number of aromatic amines is 1. The average Bonchev–Trinajstić information content (AvgIpc) is 3.02. The highest BCUT2D eigenvalue weighted by Gasteiger charge is 2.20. The van der Waals surface area contributed by atoms with E-state index in [1.165, 1.54) is 11.6 Å². The van der Waals surface area contributed by atoms with Gasteiger partial charge in [-0.15, -0.1) is 0 Å². The van der Waals surface area contributed by atoms with E-state index in [0.717, 1.165) is 10.1 Å². The third-order valence-electron chi connectivity index (χ3n) is 4.23. The van der Waals surface area contributed by atoms with Crippen LogP contribution in [0, 0.1) is 6.92 Å². The molecular formula is C18H21N5O6. The number of hydrogen-bond donors (Lipinski definition) is 4. The number of anilines is 1. The molecule has 2 aromatic heterocycles. The van der Waals surface area contributed by atoms with Crippen LogP contribution in [0.3, 0.4) is 0 Å². The van der Waals surface area contributed by atoms with Crippen molar-refractivity contribution in [1.29, 1.82) is 0 Å². The van der Waals surface area contributed by atoms with Crippen molar-refractivity contribution in [2.45, 2.75) is 19.6 Å². The summed E-state index contributed by atoms with van der Waals surface area (Å²) in [6, 6.07) is 7.32. The van der Waals surface area contributed by atoms with Gasteiger partial charge in [-0.25, -0.2) is 4.79 Å². The lowest BCUT2D eigenvalue weighted by Crippen LogP contribution is -2.31. The van der Waals surface area contributed by atoms with Crippen LogP contribution in [0.1, 0.15) is 5.56 Å². The minimum Gasteiger partial charge on any atom is -0.491 e. The van der Waals surface area contributed by atoms with E-state index >= 15 is 0 Å². The number of aliphatic hydroxyl groups excluding tert-OH is 1. The van der Waals surface area contributed by atoms with Crippen molar-refractivity contribution in [1.82, 2.24) is 19.1 Å². The molecule has 0 aliphatic heterocycles. The number of imidazole rings is 1. The number of nitrogens with zero attached hydrogens (tertiary/aromatic N) is 3. The van der Waals surface area contributed by atoms with Gasteiger partial charge in [0.15, 0.2) is 11.2 Å². The number of aliphatic carboxylic acids is 1. The number of fused-ring (bicyclic) bond motifs is 1. The first kappa shape index (κ1) is 20.1. The van der Waals surface area contributed by atoms with Crippen molar-refractivity contribution in [2.75, 3.05) is 18.5 Å². The molecule has 29 heavy (non-hydrogen) atoms. The number of H-pyrrole nitrogens is 1. The van der Waals surface area contributed by atoms with Crippen LogP contribution in [-0.4, -0.2) is 54.5 Å². The molecule has 154 valence electrons. The lowest BCUT2D eigenvalue weighted by molar-refractivity contribution is -0.134. The van der Waals surface area contributed by atoms with Crippen molar-refractivity contribution in [3.8, 4) is 5.75 Å². The summed E-state index contributed by atoms with van der Waals surface area (Å²) in [7, 11) is 1.43. The fourth-order valence-electron chi connectivity index (χ4n) is 2.86. The summed E-state index contributed by atoms with van der Waals surface area (Å²) >= 11 is 0. The van der Waals surface area contributed by atoms with Crippen molar-refractivity contribution in [2.24, 2.45) is 7.05 Å². The van der Waals surface area contributed by atoms with E-state index in [0.29, 0.717) is 5.75 Å². The van der Waals surface area contributed by atoms with E-state index < -0.39 is 29.9 Å². The largest absolute Gasteiger partial charge is 0.491 e. The Hall–Kier alpha value is -3.60. The second-order valence-electron chi connectivity index (χ2n) is 6.57. The molecule has 0 unspecified atom stereocenters. The van der Waals surface area contributed by atoms with Crippen molar-refractivity contribution in [3.63, 3.8) is 0 Å². The summed E-state index contributed by atoms with van der Waals surface area (Å²) in [4.78, 5) is 41.4. The van der Waals surface area contributed by atoms with Gasteiger partial charge in [0.1, 0.15) is 25.0 Å². The van der Waals surface area contributed by atoms with Gasteiger partial charge in [0.05, 0.1) is 6.54 Å². The number of hydrogen-bond acceptors (Lipinski definition) is 7. The summed E-state index contributed by atoms with van der Waals surface area (Å²) in [6.45, 7) is 1.29. The third kappa shape index (κ3) is 4.46. The molecule has 3 aromatic rings. The molecule has 0 spiro atoms. The zero-order valence-electron chi connectivity index (χ0n) is 15.9. The smallest absolute Gasteiger partial charge is 0.329 e. The molecule has 0 saturated carbocycles. The molecule has 0 saturated heterocycles.